The van der Waals surface area contributed by atoms with Crippen LogP contribution in [0.3, 0.4) is 0 Å². The zero-order valence-corrected chi connectivity index (χ0v) is 14.3. The maximum atomic E-state index is 11.7. The summed E-state index contributed by atoms with van der Waals surface area (Å²) < 4.78 is 22.2. The Kier molecular flexibility index (Phi) is 12.0. The van der Waals surface area contributed by atoms with Crippen molar-refractivity contribution in [3.63, 3.8) is 0 Å². The molecule has 4 nitrogen and oxygen atoms in total. The van der Waals surface area contributed by atoms with E-state index < -0.39 is 7.80 Å². The number of hydrogen-bond acceptors (Lipinski definition) is 4. The number of carbonyl (C=O) groups is 1. The van der Waals surface area contributed by atoms with E-state index in [2.05, 4.69) is 27.7 Å². The van der Waals surface area contributed by atoms with Crippen LogP contribution < -0.4 is 0 Å². The molecule has 0 aromatic heterocycles. The molecule has 0 fully saturated rings. The van der Waals surface area contributed by atoms with Crippen molar-refractivity contribution >= 4 is 13.8 Å². The molecule has 118 valence electrons. The second kappa shape index (κ2) is 12.3. The van der Waals surface area contributed by atoms with Gasteiger partial charge in [-0.25, -0.2) is 0 Å². The van der Waals surface area contributed by atoms with Crippen molar-refractivity contribution in [2.75, 3.05) is 32.1 Å². The number of rotatable bonds is 12. The highest BCUT2D eigenvalue weighted by Gasteiger charge is 2.17. The molecule has 0 aromatic carbocycles. The van der Waals surface area contributed by atoms with Gasteiger partial charge >= 0.3 is 13.8 Å². The molecule has 0 aliphatic heterocycles. The average Bonchev–Trinajstić information content (AvgIpc) is 2.35. The van der Waals surface area contributed by atoms with Gasteiger partial charge in [0.1, 0.15) is 0 Å². The fourth-order valence-electron chi connectivity index (χ4n) is 1.40. The molecule has 0 radical (unpaired) electrons. The second-order valence-corrected chi connectivity index (χ2v) is 7.73. The molecular weight excluding hydrogens is 275 g/mol. The summed E-state index contributed by atoms with van der Waals surface area (Å²) in [7, 11) is -1.35. The third kappa shape index (κ3) is 14.0. The number of esters is 1. The number of hydrogen-bond donors (Lipinski definition) is 0. The smallest absolute Gasteiger partial charge is 0.341 e. The first-order chi connectivity index (χ1) is 9.41. The summed E-state index contributed by atoms with van der Waals surface area (Å²) in [5.41, 5.74) is 0. The van der Waals surface area contributed by atoms with Gasteiger partial charge in [-0.1, -0.05) is 32.3 Å². The summed E-state index contributed by atoms with van der Waals surface area (Å²) in [6.07, 6.45) is 3.09. The van der Waals surface area contributed by atoms with Crippen LogP contribution in [-0.4, -0.2) is 38.1 Å². The highest BCUT2D eigenvalue weighted by molar-refractivity contribution is 7.44. The molecule has 0 aliphatic carbocycles. The monoisotopic (exact) mass is 305 g/mol. The largest absolute Gasteiger partial charge is 0.466 e. The van der Waals surface area contributed by atoms with E-state index in [4.69, 9.17) is 9.47 Å². The van der Waals surface area contributed by atoms with Gasteiger partial charge in [-0.3, -0.25) is 4.79 Å². The van der Waals surface area contributed by atoms with Crippen LogP contribution in [0.4, 0.5) is 0 Å². The molecule has 0 bridgehead atoms. The lowest BCUT2D eigenvalue weighted by Gasteiger charge is -2.05. The van der Waals surface area contributed by atoms with Crippen LogP contribution >= 0.6 is 7.80 Å². The fraction of sp³-hybridized carbons (Fsp3) is 0.933. The van der Waals surface area contributed by atoms with E-state index in [0.717, 1.165) is 19.4 Å². The van der Waals surface area contributed by atoms with Crippen LogP contribution in [0.2, 0.25) is 0 Å². The molecule has 0 spiro atoms. The van der Waals surface area contributed by atoms with Gasteiger partial charge in [-0.05, 0) is 24.7 Å². The van der Waals surface area contributed by atoms with Gasteiger partial charge in [0.15, 0.2) is 12.3 Å². The van der Waals surface area contributed by atoms with Crippen molar-refractivity contribution in [3.8, 4) is 0 Å². The SMILES string of the molecule is CC(C)CCOCC[P+](=O)CCC(=O)OCCC(C)C. The zero-order chi connectivity index (χ0) is 15.4. The lowest BCUT2D eigenvalue weighted by Crippen LogP contribution is -2.09. The Hall–Kier alpha value is -0.470. The Labute approximate surface area is 124 Å². The molecule has 0 saturated heterocycles. The van der Waals surface area contributed by atoms with Gasteiger partial charge in [0.25, 0.3) is 0 Å². The van der Waals surface area contributed by atoms with Gasteiger partial charge in [0, 0.05) is 6.61 Å². The molecule has 0 saturated carbocycles. The third-order valence-electron chi connectivity index (χ3n) is 2.85. The van der Waals surface area contributed by atoms with Crippen molar-refractivity contribution < 1.29 is 18.8 Å². The van der Waals surface area contributed by atoms with Crippen molar-refractivity contribution in [2.45, 2.75) is 47.0 Å². The standard InChI is InChI=1S/C15H30O4P/c1-13(2)5-8-18-10-12-20(17)11-7-15(16)19-9-6-14(3)4/h13-14H,5-12H2,1-4H3/q+1. The molecule has 0 rings (SSSR count). The average molecular weight is 305 g/mol. The zero-order valence-electron chi connectivity index (χ0n) is 13.4. The predicted octanol–water partition coefficient (Wildman–Crippen LogP) is 3.86. The van der Waals surface area contributed by atoms with E-state index >= 15 is 0 Å². The summed E-state index contributed by atoms with van der Waals surface area (Å²) in [6, 6.07) is 0. The molecule has 0 heterocycles. The first-order valence-corrected chi connectivity index (χ1v) is 9.20. The minimum absolute atomic E-state index is 0.241. The van der Waals surface area contributed by atoms with Gasteiger partial charge in [-0.2, -0.15) is 0 Å². The Balaban J connectivity index is 3.45. The second-order valence-electron chi connectivity index (χ2n) is 5.88. The van der Waals surface area contributed by atoms with Crippen molar-refractivity contribution in [2.24, 2.45) is 11.8 Å². The van der Waals surface area contributed by atoms with Gasteiger partial charge < -0.3 is 9.47 Å². The highest BCUT2D eigenvalue weighted by Crippen LogP contribution is 2.21. The van der Waals surface area contributed by atoms with Gasteiger partial charge in [0.2, 0.25) is 0 Å². The molecule has 20 heavy (non-hydrogen) atoms. The van der Waals surface area contributed by atoms with Gasteiger partial charge in [-0.15, -0.1) is 0 Å². The lowest BCUT2D eigenvalue weighted by atomic mass is 10.1. The Morgan fingerprint density at radius 3 is 2.15 bits per heavy atom. The number of ether oxygens (including phenoxy) is 2. The maximum Gasteiger partial charge on any atom is 0.341 e. The molecule has 0 aliphatic rings. The summed E-state index contributed by atoms with van der Waals surface area (Å²) in [6.45, 7) is 10.2. The molecule has 0 amide bonds. The Morgan fingerprint density at radius 1 is 0.950 bits per heavy atom. The summed E-state index contributed by atoms with van der Waals surface area (Å²) >= 11 is 0. The van der Waals surface area contributed by atoms with Crippen molar-refractivity contribution in [1.29, 1.82) is 0 Å². The van der Waals surface area contributed by atoms with Crippen molar-refractivity contribution in [3.05, 3.63) is 0 Å². The van der Waals surface area contributed by atoms with Crippen LogP contribution in [0, 0.1) is 11.8 Å². The summed E-state index contributed by atoms with van der Waals surface area (Å²) in [5.74, 6) is 0.918. The minimum Gasteiger partial charge on any atom is -0.466 e. The summed E-state index contributed by atoms with van der Waals surface area (Å²) in [4.78, 5) is 11.4. The molecular formula is C15H30O4P+. The van der Waals surface area contributed by atoms with E-state index in [0.29, 0.717) is 37.4 Å². The third-order valence-corrected chi connectivity index (χ3v) is 4.25. The van der Waals surface area contributed by atoms with Crippen LogP contribution in [0.15, 0.2) is 0 Å². The molecule has 0 aromatic rings. The van der Waals surface area contributed by atoms with E-state index in [9.17, 15) is 9.36 Å². The van der Waals surface area contributed by atoms with E-state index in [1.54, 1.807) is 0 Å². The van der Waals surface area contributed by atoms with Crippen LogP contribution in [0.5, 0.6) is 0 Å². The van der Waals surface area contributed by atoms with E-state index in [1.165, 1.54) is 0 Å². The first kappa shape index (κ1) is 19.5. The quantitative estimate of drug-likeness (QED) is 0.312. The molecule has 1 atom stereocenters. The van der Waals surface area contributed by atoms with Crippen LogP contribution in [0.25, 0.3) is 0 Å². The lowest BCUT2D eigenvalue weighted by molar-refractivity contribution is -0.143. The Morgan fingerprint density at radius 2 is 1.55 bits per heavy atom. The maximum absolute atomic E-state index is 11.7. The topological polar surface area (TPSA) is 52.6 Å². The van der Waals surface area contributed by atoms with Crippen LogP contribution in [0.1, 0.15) is 47.0 Å². The highest BCUT2D eigenvalue weighted by atomic mass is 31.1. The first-order valence-electron chi connectivity index (χ1n) is 7.57. The minimum atomic E-state index is -1.35. The van der Waals surface area contributed by atoms with Crippen LogP contribution in [-0.2, 0) is 18.8 Å². The van der Waals surface area contributed by atoms with Crippen molar-refractivity contribution in [1.82, 2.24) is 0 Å². The molecule has 1 unspecified atom stereocenters. The predicted molar refractivity (Wildman–Crippen MR) is 82.6 cm³/mol. The molecule has 0 N–H and O–H groups in total. The molecule has 5 heteroatoms. The van der Waals surface area contributed by atoms with Gasteiger partial charge in [0.05, 0.1) is 19.6 Å². The van der Waals surface area contributed by atoms with E-state index in [1.807, 2.05) is 0 Å². The normalized spacial score (nSPS) is 12.0. The number of carbonyl (C=O) groups excluding carboxylic acids is 1. The Bertz CT molecular complexity index is 277. The fourth-order valence-corrected chi connectivity index (χ4v) is 2.38. The summed E-state index contributed by atoms with van der Waals surface area (Å²) in [5, 5.41) is 0. The van der Waals surface area contributed by atoms with E-state index in [-0.39, 0.29) is 12.4 Å².